The van der Waals surface area contributed by atoms with Crippen molar-refractivity contribution in [1.29, 1.82) is 0 Å². The van der Waals surface area contributed by atoms with Crippen molar-refractivity contribution < 1.29 is 14.0 Å². The molecule has 100 valence electrons. The Labute approximate surface area is 100 Å². The highest BCUT2D eigenvalue weighted by Gasteiger charge is 2.40. The third kappa shape index (κ3) is 6.57. The van der Waals surface area contributed by atoms with Gasteiger partial charge in [-0.15, -0.1) is 0 Å². The molecule has 16 heavy (non-hydrogen) atoms. The van der Waals surface area contributed by atoms with Gasteiger partial charge in [0.15, 0.2) is 0 Å². The van der Waals surface area contributed by atoms with Gasteiger partial charge in [0, 0.05) is 32.4 Å². The van der Waals surface area contributed by atoms with Crippen molar-refractivity contribution in [3.63, 3.8) is 0 Å². The molecule has 6 heteroatoms. The lowest BCUT2D eigenvalue weighted by molar-refractivity contribution is 0.228. The van der Waals surface area contributed by atoms with Gasteiger partial charge in [-0.3, -0.25) is 0 Å². The largest absolute Gasteiger partial charge is 0.398 e. The first-order valence-corrected chi connectivity index (χ1v) is 7.99. The molecule has 0 aliphatic rings. The van der Waals surface area contributed by atoms with Gasteiger partial charge in [-0.05, 0) is 33.4 Å². The lowest BCUT2D eigenvalue weighted by atomic mass is 10.2. The fraction of sp³-hybridized carbons (Fsp3) is 1.00. The van der Waals surface area contributed by atoms with Crippen molar-refractivity contribution in [2.75, 3.05) is 27.4 Å². The fourth-order valence-corrected chi connectivity index (χ4v) is 3.99. The van der Waals surface area contributed by atoms with E-state index in [2.05, 4.69) is 0 Å². The summed E-state index contributed by atoms with van der Waals surface area (Å²) >= 11 is 0. The van der Waals surface area contributed by atoms with Gasteiger partial charge in [0.05, 0.1) is 0 Å². The lowest BCUT2D eigenvalue weighted by Crippen LogP contribution is -2.48. The van der Waals surface area contributed by atoms with E-state index in [9.17, 15) is 0 Å². The number of rotatable bonds is 6. The Morgan fingerprint density at radius 3 is 1.88 bits per heavy atom. The van der Waals surface area contributed by atoms with E-state index in [4.69, 9.17) is 25.4 Å². The van der Waals surface area contributed by atoms with Gasteiger partial charge in [-0.2, -0.15) is 0 Å². The Bertz CT molecular complexity index is 155. The van der Waals surface area contributed by atoms with E-state index in [1.165, 1.54) is 0 Å². The second-order valence-electron chi connectivity index (χ2n) is 3.78. The van der Waals surface area contributed by atoms with Crippen LogP contribution in [0.2, 0.25) is 12.1 Å². The van der Waals surface area contributed by atoms with E-state index < -0.39 is 8.56 Å². The van der Waals surface area contributed by atoms with Crippen molar-refractivity contribution in [2.45, 2.75) is 38.4 Å². The molecule has 0 heterocycles. The van der Waals surface area contributed by atoms with Crippen molar-refractivity contribution in [3.8, 4) is 0 Å². The standard InChI is InChI=1S/C8H22N2O2Si.C2H6O/c1-7(10)8(5-6-9)13(4,11-2)12-3;1-2-3/h7-8H,5-6,9-10H2,1-4H3;3H,2H2,1H3. The van der Waals surface area contributed by atoms with Crippen molar-refractivity contribution in [3.05, 3.63) is 0 Å². The van der Waals surface area contributed by atoms with Crippen LogP contribution in [0.5, 0.6) is 0 Å². The summed E-state index contributed by atoms with van der Waals surface area (Å²) in [4.78, 5) is 0. The van der Waals surface area contributed by atoms with E-state index in [0.29, 0.717) is 6.54 Å². The summed E-state index contributed by atoms with van der Waals surface area (Å²) in [6.45, 7) is 6.56. The Morgan fingerprint density at radius 2 is 1.69 bits per heavy atom. The Hall–Kier alpha value is 0.0169. The first-order chi connectivity index (χ1) is 7.43. The fourth-order valence-electron chi connectivity index (χ4n) is 1.57. The Balaban J connectivity index is 0. The minimum atomic E-state index is -2.12. The number of hydrogen-bond acceptors (Lipinski definition) is 5. The molecule has 0 saturated carbocycles. The van der Waals surface area contributed by atoms with Gasteiger partial charge in [0.25, 0.3) is 0 Å². The molecule has 0 aliphatic carbocycles. The van der Waals surface area contributed by atoms with Crippen LogP contribution >= 0.6 is 0 Å². The highest BCUT2D eigenvalue weighted by Crippen LogP contribution is 2.28. The van der Waals surface area contributed by atoms with E-state index in [1.807, 2.05) is 13.5 Å². The molecule has 0 bridgehead atoms. The van der Waals surface area contributed by atoms with Gasteiger partial charge < -0.3 is 25.4 Å². The zero-order valence-electron chi connectivity index (χ0n) is 11.2. The molecule has 0 aromatic carbocycles. The van der Waals surface area contributed by atoms with Crippen LogP contribution in [-0.4, -0.2) is 47.1 Å². The summed E-state index contributed by atoms with van der Waals surface area (Å²) in [5, 5.41) is 7.57. The van der Waals surface area contributed by atoms with Gasteiger partial charge in [-0.1, -0.05) is 0 Å². The van der Waals surface area contributed by atoms with Crippen molar-refractivity contribution >= 4 is 8.56 Å². The number of aliphatic hydroxyl groups is 1. The van der Waals surface area contributed by atoms with Crippen molar-refractivity contribution in [1.82, 2.24) is 0 Å². The predicted octanol–water partition coefficient (Wildman–Crippen LogP) is 0.416. The van der Waals surface area contributed by atoms with Crippen LogP contribution in [0.4, 0.5) is 0 Å². The minimum Gasteiger partial charge on any atom is -0.398 e. The zero-order chi connectivity index (χ0) is 13.2. The zero-order valence-corrected chi connectivity index (χ0v) is 12.2. The molecular formula is C10H28N2O3Si. The molecule has 0 radical (unpaired) electrons. The number of hydrogen-bond donors (Lipinski definition) is 3. The van der Waals surface area contributed by atoms with Crippen LogP contribution < -0.4 is 11.5 Å². The SMILES string of the molecule is CCO.CO[Si](C)(OC)C(CCN)C(C)N. The minimum absolute atomic E-state index is 0.0696. The van der Waals surface area contributed by atoms with Crippen LogP contribution in [-0.2, 0) is 8.85 Å². The average molecular weight is 252 g/mol. The predicted molar refractivity (Wildman–Crippen MR) is 69.5 cm³/mol. The molecule has 2 atom stereocenters. The van der Waals surface area contributed by atoms with E-state index in [1.54, 1.807) is 21.1 Å². The quantitative estimate of drug-likeness (QED) is 0.596. The number of aliphatic hydroxyl groups excluding tert-OH is 1. The summed E-state index contributed by atoms with van der Waals surface area (Å²) < 4.78 is 10.9. The average Bonchev–Trinajstić information content (AvgIpc) is 2.25. The second kappa shape index (κ2) is 10.2. The third-order valence-electron chi connectivity index (χ3n) is 2.60. The summed E-state index contributed by atoms with van der Waals surface area (Å²) in [7, 11) is 1.25. The maximum absolute atomic E-state index is 7.57. The van der Waals surface area contributed by atoms with Gasteiger partial charge >= 0.3 is 8.56 Å². The van der Waals surface area contributed by atoms with Crippen LogP contribution in [0, 0.1) is 0 Å². The molecule has 2 unspecified atom stereocenters. The van der Waals surface area contributed by atoms with Crippen LogP contribution in [0.3, 0.4) is 0 Å². The molecule has 0 fully saturated rings. The maximum atomic E-state index is 7.57. The van der Waals surface area contributed by atoms with E-state index in [0.717, 1.165) is 6.42 Å². The lowest BCUT2D eigenvalue weighted by Gasteiger charge is -2.34. The van der Waals surface area contributed by atoms with Crippen LogP contribution in [0.1, 0.15) is 20.3 Å². The molecule has 0 spiro atoms. The van der Waals surface area contributed by atoms with Crippen molar-refractivity contribution in [2.24, 2.45) is 11.5 Å². The first-order valence-electron chi connectivity index (χ1n) is 5.60. The van der Waals surface area contributed by atoms with Crippen LogP contribution in [0.15, 0.2) is 0 Å². The first kappa shape index (κ1) is 18.4. The monoisotopic (exact) mass is 252 g/mol. The van der Waals surface area contributed by atoms with E-state index in [-0.39, 0.29) is 18.2 Å². The summed E-state index contributed by atoms with van der Waals surface area (Å²) in [6, 6.07) is 0.0696. The Kier molecular flexibility index (Phi) is 11.7. The smallest absolute Gasteiger partial charge is 0.339 e. The molecular weight excluding hydrogens is 224 g/mol. The highest BCUT2D eigenvalue weighted by molar-refractivity contribution is 6.67. The molecule has 0 amide bonds. The second-order valence-corrected chi connectivity index (χ2v) is 7.37. The molecule has 0 saturated heterocycles. The molecule has 0 aromatic heterocycles. The number of nitrogens with two attached hydrogens (primary N) is 2. The van der Waals surface area contributed by atoms with Gasteiger partial charge in [0.2, 0.25) is 0 Å². The van der Waals surface area contributed by atoms with Crippen LogP contribution in [0.25, 0.3) is 0 Å². The normalized spacial score (nSPS) is 15.0. The maximum Gasteiger partial charge on any atom is 0.339 e. The molecule has 0 aliphatic heterocycles. The summed E-state index contributed by atoms with van der Waals surface area (Å²) in [6.07, 6.45) is 0.863. The third-order valence-corrected chi connectivity index (χ3v) is 6.38. The topological polar surface area (TPSA) is 90.7 Å². The molecule has 5 N–H and O–H groups in total. The summed E-state index contributed by atoms with van der Waals surface area (Å²) in [5.41, 5.74) is 11.7. The molecule has 0 rings (SSSR count). The molecule has 0 aromatic rings. The van der Waals surface area contributed by atoms with Gasteiger partial charge in [-0.25, -0.2) is 0 Å². The van der Waals surface area contributed by atoms with E-state index >= 15 is 0 Å². The Morgan fingerprint density at radius 1 is 1.31 bits per heavy atom. The van der Waals surface area contributed by atoms with Gasteiger partial charge in [0.1, 0.15) is 0 Å². The molecule has 5 nitrogen and oxygen atoms in total. The highest BCUT2D eigenvalue weighted by atomic mass is 28.4. The summed E-state index contributed by atoms with van der Waals surface area (Å²) in [5.74, 6) is 0.